The Hall–Kier alpha value is -2.82. The molecule has 0 fully saturated rings. The molecule has 0 heterocycles. The Morgan fingerprint density at radius 1 is 1.25 bits per heavy atom. The van der Waals surface area contributed by atoms with Gasteiger partial charge in [0.1, 0.15) is 6.61 Å². The highest BCUT2D eigenvalue weighted by atomic mass is 16.5. The molecule has 0 aromatic heterocycles. The smallest absolute Gasteiger partial charge is 0.411 e. The number of nitrogens with one attached hydrogen (secondary N) is 1. The molecule has 0 saturated heterocycles. The van der Waals surface area contributed by atoms with E-state index in [-0.39, 0.29) is 17.9 Å². The van der Waals surface area contributed by atoms with Gasteiger partial charge in [0.25, 0.3) is 0 Å². The Morgan fingerprint density at radius 3 is 2.70 bits per heavy atom. The van der Waals surface area contributed by atoms with E-state index < -0.39 is 12.1 Å². The molecule has 0 saturated carbocycles. The highest BCUT2D eigenvalue weighted by molar-refractivity contribution is 6.09. The molecule has 0 spiro atoms. The lowest BCUT2D eigenvalue weighted by Gasteiger charge is -2.11. The number of rotatable bonds is 4. The van der Waals surface area contributed by atoms with Gasteiger partial charge in [0, 0.05) is 5.39 Å². The first-order valence-corrected chi connectivity index (χ1v) is 5.93. The second-order valence-electron chi connectivity index (χ2n) is 4.03. The van der Waals surface area contributed by atoms with Gasteiger partial charge in [0.05, 0.1) is 11.3 Å². The summed E-state index contributed by atoms with van der Waals surface area (Å²) in [6.07, 6.45) is 0.713. The minimum absolute atomic E-state index is 0.0132. The van der Waals surface area contributed by atoms with Crippen LogP contribution in [0.5, 0.6) is 0 Å². The second-order valence-corrected chi connectivity index (χ2v) is 4.03. The summed E-state index contributed by atoms with van der Waals surface area (Å²) >= 11 is 0. The maximum absolute atomic E-state index is 11.6. The van der Waals surface area contributed by atoms with Crippen LogP contribution in [0.25, 0.3) is 10.8 Å². The number of fused-ring (bicyclic) bond motifs is 1. The van der Waals surface area contributed by atoms with E-state index in [0.29, 0.717) is 5.39 Å². The summed E-state index contributed by atoms with van der Waals surface area (Å²) in [5.74, 6) is -1.12. The van der Waals surface area contributed by atoms with Crippen molar-refractivity contribution in [1.29, 1.82) is 0 Å². The summed E-state index contributed by atoms with van der Waals surface area (Å²) in [6.45, 7) is 3.49. The zero-order valence-electron chi connectivity index (χ0n) is 10.6. The molecule has 0 aliphatic carbocycles. The predicted octanol–water partition coefficient (Wildman–Crippen LogP) is 3.27. The maximum atomic E-state index is 11.6. The fraction of sp³-hybridized carbons (Fsp3) is 0.0667. The minimum Gasteiger partial charge on any atom is -0.478 e. The van der Waals surface area contributed by atoms with Crippen molar-refractivity contribution in [3.05, 3.63) is 54.6 Å². The molecule has 0 bridgehead atoms. The molecule has 20 heavy (non-hydrogen) atoms. The van der Waals surface area contributed by atoms with Crippen molar-refractivity contribution in [3.8, 4) is 0 Å². The zero-order chi connectivity index (χ0) is 14.5. The number of carboxylic acids is 1. The van der Waals surface area contributed by atoms with Crippen LogP contribution in [0.4, 0.5) is 10.5 Å². The quantitative estimate of drug-likeness (QED) is 0.837. The van der Waals surface area contributed by atoms with E-state index in [1.165, 1.54) is 12.1 Å². The topological polar surface area (TPSA) is 75.6 Å². The van der Waals surface area contributed by atoms with Crippen molar-refractivity contribution in [2.24, 2.45) is 0 Å². The van der Waals surface area contributed by atoms with Gasteiger partial charge in [-0.3, -0.25) is 5.32 Å². The number of carbonyl (C=O) groups is 2. The lowest BCUT2D eigenvalue weighted by molar-refractivity contribution is 0.0698. The van der Waals surface area contributed by atoms with E-state index in [2.05, 4.69) is 11.9 Å². The average Bonchev–Trinajstić information content (AvgIpc) is 2.45. The number of benzene rings is 2. The van der Waals surface area contributed by atoms with Crippen LogP contribution in [0, 0.1) is 0 Å². The Morgan fingerprint density at radius 2 is 2.00 bits per heavy atom. The number of carboxylic acid groups (broad SMARTS) is 1. The van der Waals surface area contributed by atoms with E-state index in [4.69, 9.17) is 4.74 Å². The number of aromatic carboxylic acids is 1. The highest BCUT2D eigenvalue weighted by Crippen LogP contribution is 2.27. The maximum Gasteiger partial charge on any atom is 0.411 e. The molecule has 0 radical (unpaired) electrons. The summed E-state index contributed by atoms with van der Waals surface area (Å²) in [6, 6.07) is 10.3. The number of amides is 1. The highest BCUT2D eigenvalue weighted by Gasteiger charge is 2.15. The fourth-order valence-electron chi connectivity index (χ4n) is 1.86. The van der Waals surface area contributed by atoms with Crippen LogP contribution in [-0.2, 0) is 4.74 Å². The third kappa shape index (κ3) is 2.77. The number of anilines is 1. The minimum atomic E-state index is -1.12. The van der Waals surface area contributed by atoms with Crippen LogP contribution in [-0.4, -0.2) is 23.8 Å². The third-order valence-corrected chi connectivity index (χ3v) is 2.72. The van der Waals surface area contributed by atoms with Gasteiger partial charge in [-0.2, -0.15) is 0 Å². The van der Waals surface area contributed by atoms with Gasteiger partial charge in [-0.05, 0) is 11.5 Å². The monoisotopic (exact) mass is 271 g/mol. The third-order valence-electron chi connectivity index (χ3n) is 2.72. The molecule has 102 valence electrons. The molecular weight excluding hydrogens is 258 g/mol. The first kappa shape index (κ1) is 13.6. The Bertz CT molecular complexity index is 679. The van der Waals surface area contributed by atoms with Gasteiger partial charge < -0.3 is 9.84 Å². The van der Waals surface area contributed by atoms with E-state index in [9.17, 15) is 14.7 Å². The number of carbonyl (C=O) groups excluding carboxylic acids is 1. The molecule has 0 atom stereocenters. The molecule has 2 N–H and O–H groups in total. The lowest BCUT2D eigenvalue weighted by Crippen LogP contribution is -2.16. The summed E-state index contributed by atoms with van der Waals surface area (Å²) in [4.78, 5) is 22.9. The van der Waals surface area contributed by atoms with Crippen LogP contribution < -0.4 is 5.32 Å². The molecule has 1 amide bonds. The van der Waals surface area contributed by atoms with Crippen molar-refractivity contribution in [1.82, 2.24) is 0 Å². The van der Waals surface area contributed by atoms with Crippen LogP contribution in [0.1, 0.15) is 10.4 Å². The Kier molecular flexibility index (Phi) is 4.00. The fourth-order valence-corrected chi connectivity index (χ4v) is 1.86. The van der Waals surface area contributed by atoms with Gasteiger partial charge in [0.15, 0.2) is 0 Å². The summed E-state index contributed by atoms with van der Waals surface area (Å²) < 4.78 is 4.82. The van der Waals surface area contributed by atoms with E-state index in [1.54, 1.807) is 18.2 Å². The van der Waals surface area contributed by atoms with Crippen LogP contribution >= 0.6 is 0 Å². The summed E-state index contributed by atoms with van der Waals surface area (Å²) in [5.41, 5.74) is 0.240. The largest absolute Gasteiger partial charge is 0.478 e. The van der Waals surface area contributed by atoms with Gasteiger partial charge in [-0.1, -0.05) is 43.0 Å². The standard InChI is InChI=1S/C15H13NO4/c1-2-9-20-15(19)16-13-11-6-4-3-5-10(11)7-8-12(13)14(17)18/h2-8H,1,9H2,(H,16,19)(H,17,18). The molecule has 2 aromatic rings. The lowest BCUT2D eigenvalue weighted by atomic mass is 10.0. The summed E-state index contributed by atoms with van der Waals surface area (Å²) in [5, 5.41) is 13.2. The van der Waals surface area contributed by atoms with Crippen molar-refractivity contribution in [3.63, 3.8) is 0 Å². The van der Waals surface area contributed by atoms with Crippen LogP contribution in [0.15, 0.2) is 49.1 Å². The van der Waals surface area contributed by atoms with Crippen molar-refractivity contribution >= 4 is 28.5 Å². The first-order valence-electron chi connectivity index (χ1n) is 5.93. The first-order chi connectivity index (χ1) is 9.63. The van der Waals surface area contributed by atoms with E-state index in [0.717, 1.165) is 5.39 Å². The van der Waals surface area contributed by atoms with Crippen molar-refractivity contribution in [2.75, 3.05) is 11.9 Å². The van der Waals surface area contributed by atoms with Gasteiger partial charge in [-0.25, -0.2) is 9.59 Å². The zero-order valence-corrected chi connectivity index (χ0v) is 10.6. The van der Waals surface area contributed by atoms with Crippen LogP contribution in [0.3, 0.4) is 0 Å². The van der Waals surface area contributed by atoms with E-state index in [1.807, 2.05) is 12.1 Å². The predicted molar refractivity (Wildman–Crippen MR) is 76.1 cm³/mol. The molecule has 5 heteroatoms. The molecule has 5 nitrogen and oxygen atoms in total. The van der Waals surface area contributed by atoms with Crippen molar-refractivity contribution in [2.45, 2.75) is 0 Å². The van der Waals surface area contributed by atoms with Gasteiger partial charge in [0.2, 0.25) is 0 Å². The normalized spacial score (nSPS) is 10.0. The molecular formula is C15H13NO4. The molecule has 2 aromatic carbocycles. The molecule has 0 aliphatic rings. The van der Waals surface area contributed by atoms with Gasteiger partial charge in [-0.15, -0.1) is 0 Å². The van der Waals surface area contributed by atoms with E-state index >= 15 is 0 Å². The average molecular weight is 271 g/mol. The summed E-state index contributed by atoms with van der Waals surface area (Å²) in [7, 11) is 0. The SMILES string of the molecule is C=CCOC(=O)Nc1c(C(=O)O)ccc2ccccc12. The molecule has 2 rings (SSSR count). The number of ether oxygens (including phenoxy) is 1. The number of hydrogen-bond acceptors (Lipinski definition) is 3. The Balaban J connectivity index is 2.47. The van der Waals surface area contributed by atoms with Crippen molar-refractivity contribution < 1.29 is 19.4 Å². The van der Waals surface area contributed by atoms with Crippen LogP contribution in [0.2, 0.25) is 0 Å². The molecule has 0 aliphatic heterocycles. The number of hydrogen-bond donors (Lipinski definition) is 2. The second kappa shape index (κ2) is 5.88. The van der Waals surface area contributed by atoms with Gasteiger partial charge >= 0.3 is 12.1 Å². The molecule has 0 unspecified atom stereocenters. The Labute approximate surface area is 115 Å².